The van der Waals surface area contributed by atoms with Crippen LogP contribution in [0.25, 0.3) is 11.4 Å². The Kier molecular flexibility index (Phi) is 4.37. The highest BCUT2D eigenvalue weighted by Gasteiger charge is 2.03. The third-order valence-electron chi connectivity index (χ3n) is 2.61. The fourth-order valence-corrected chi connectivity index (χ4v) is 2.33. The van der Waals surface area contributed by atoms with Gasteiger partial charge in [0.05, 0.1) is 17.6 Å². The summed E-state index contributed by atoms with van der Waals surface area (Å²) in [4.78, 5) is 12.9. The highest BCUT2D eigenvalue weighted by molar-refractivity contribution is 7.99. The molecule has 8 heteroatoms. The van der Waals surface area contributed by atoms with Gasteiger partial charge >= 0.3 is 0 Å². The Hall–Kier alpha value is -2.48. The molecule has 106 valence electrons. The van der Waals surface area contributed by atoms with Crippen molar-refractivity contribution in [2.75, 3.05) is 17.6 Å². The van der Waals surface area contributed by atoms with Gasteiger partial charge in [0.15, 0.2) is 0 Å². The zero-order valence-corrected chi connectivity index (χ0v) is 11.9. The van der Waals surface area contributed by atoms with Crippen LogP contribution in [0.15, 0.2) is 47.9 Å². The number of hydrogen-bond donors (Lipinski definition) is 2. The Morgan fingerprint density at radius 1 is 1.10 bits per heavy atom. The summed E-state index contributed by atoms with van der Waals surface area (Å²) in [7, 11) is 0. The van der Waals surface area contributed by atoms with Crippen molar-refractivity contribution >= 4 is 17.7 Å². The number of H-pyrrole nitrogens is 1. The van der Waals surface area contributed by atoms with Gasteiger partial charge < -0.3 is 5.32 Å². The number of rotatable bonds is 6. The molecule has 0 aliphatic carbocycles. The predicted molar refractivity (Wildman–Crippen MR) is 80.9 cm³/mol. The minimum atomic E-state index is 0.596. The lowest BCUT2D eigenvalue weighted by Gasteiger charge is -2.05. The van der Waals surface area contributed by atoms with Gasteiger partial charge in [0.2, 0.25) is 5.95 Å². The molecule has 3 heterocycles. The molecule has 0 spiro atoms. The zero-order chi connectivity index (χ0) is 14.3. The Morgan fingerprint density at radius 3 is 2.90 bits per heavy atom. The summed E-state index contributed by atoms with van der Waals surface area (Å²) >= 11 is 1.61. The fourth-order valence-electron chi connectivity index (χ4n) is 1.68. The van der Waals surface area contributed by atoms with Crippen molar-refractivity contribution in [1.82, 2.24) is 30.4 Å². The van der Waals surface area contributed by atoms with E-state index in [1.165, 1.54) is 0 Å². The van der Waals surface area contributed by atoms with Crippen LogP contribution in [0.4, 0.5) is 5.95 Å². The minimum absolute atomic E-state index is 0.596. The smallest absolute Gasteiger partial charge is 0.223 e. The largest absolute Gasteiger partial charge is 0.353 e. The molecule has 0 aliphatic heterocycles. The number of anilines is 1. The first kappa shape index (κ1) is 13.5. The molecule has 0 saturated heterocycles. The summed E-state index contributed by atoms with van der Waals surface area (Å²) in [5, 5.41) is 14.4. The van der Waals surface area contributed by atoms with Crippen LogP contribution >= 0.6 is 11.8 Å². The Bertz CT molecular complexity index is 672. The summed E-state index contributed by atoms with van der Waals surface area (Å²) in [6.45, 7) is 0.739. The Morgan fingerprint density at radius 2 is 2.10 bits per heavy atom. The third-order valence-corrected chi connectivity index (χ3v) is 3.51. The van der Waals surface area contributed by atoms with E-state index in [0.717, 1.165) is 28.7 Å². The van der Waals surface area contributed by atoms with Gasteiger partial charge in [0, 0.05) is 24.7 Å². The van der Waals surface area contributed by atoms with Crippen LogP contribution in [-0.2, 0) is 0 Å². The van der Waals surface area contributed by atoms with Crippen LogP contribution in [0.1, 0.15) is 0 Å². The number of hydrogen-bond acceptors (Lipinski definition) is 7. The summed E-state index contributed by atoms with van der Waals surface area (Å²) < 4.78 is 0. The molecule has 3 aromatic heterocycles. The van der Waals surface area contributed by atoms with Crippen LogP contribution in [0.2, 0.25) is 0 Å². The second kappa shape index (κ2) is 6.80. The van der Waals surface area contributed by atoms with E-state index in [9.17, 15) is 0 Å². The van der Waals surface area contributed by atoms with Crippen molar-refractivity contribution < 1.29 is 0 Å². The number of aromatic amines is 1. The number of thioether (sulfide) groups is 1. The van der Waals surface area contributed by atoms with Crippen LogP contribution in [0.5, 0.6) is 0 Å². The number of nitrogens with zero attached hydrogens (tertiary/aromatic N) is 5. The average Bonchev–Trinajstić information content (AvgIpc) is 3.06. The molecule has 0 bridgehead atoms. The molecule has 21 heavy (non-hydrogen) atoms. The summed E-state index contributed by atoms with van der Waals surface area (Å²) in [6.07, 6.45) is 5.17. The zero-order valence-electron chi connectivity index (χ0n) is 11.1. The molecule has 3 rings (SSSR count). The van der Waals surface area contributed by atoms with Gasteiger partial charge in [-0.1, -0.05) is 6.07 Å². The highest BCUT2D eigenvalue weighted by Crippen LogP contribution is 2.15. The lowest BCUT2D eigenvalue weighted by atomic mass is 10.3. The molecule has 0 fully saturated rings. The first-order valence-electron chi connectivity index (χ1n) is 6.39. The standard InChI is InChI=1S/C13H13N7S/c1-2-5-14-10(3-1)11-4-6-15-13(18-11)16-7-8-21-12-9-17-20-19-12/h1-6,9H,7-8H2,(H,15,16,18)(H,17,19,20). The van der Waals surface area contributed by atoms with Gasteiger partial charge in [-0.3, -0.25) is 4.98 Å². The molecule has 0 aliphatic rings. The van der Waals surface area contributed by atoms with Gasteiger partial charge in [-0.2, -0.15) is 10.3 Å². The summed E-state index contributed by atoms with van der Waals surface area (Å²) in [6, 6.07) is 7.58. The van der Waals surface area contributed by atoms with Crippen molar-refractivity contribution in [3.8, 4) is 11.4 Å². The molecule has 0 amide bonds. The summed E-state index contributed by atoms with van der Waals surface area (Å²) in [5.41, 5.74) is 1.64. The topological polar surface area (TPSA) is 92.3 Å². The van der Waals surface area contributed by atoms with Gasteiger partial charge in [0.1, 0.15) is 5.03 Å². The highest BCUT2D eigenvalue weighted by atomic mass is 32.2. The molecule has 2 N–H and O–H groups in total. The SMILES string of the molecule is c1ccc(-c2ccnc(NCCSc3cn[nH]n3)n2)nc1. The van der Waals surface area contributed by atoms with Crippen LogP contribution in [-0.4, -0.2) is 42.7 Å². The van der Waals surface area contributed by atoms with Crippen molar-refractivity contribution in [3.63, 3.8) is 0 Å². The minimum Gasteiger partial charge on any atom is -0.353 e. The van der Waals surface area contributed by atoms with E-state index in [1.54, 1.807) is 30.4 Å². The van der Waals surface area contributed by atoms with Crippen LogP contribution in [0.3, 0.4) is 0 Å². The van der Waals surface area contributed by atoms with E-state index in [0.29, 0.717) is 5.95 Å². The van der Waals surface area contributed by atoms with Gasteiger partial charge in [-0.25, -0.2) is 9.97 Å². The normalized spacial score (nSPS) is 10.5. The van der Waals surface area contributed by atoms with Crippen molar-refractivity contribution in [2.45, 2.75) is 5.03 Å². The quantitative estimate of drug-likeness (QED) is 0.530. The van der Waals surface area contributed by atoms with Crippen LogP contribution < -0.4 is 5.32 Å². The molecule has 0 aromatic carbocycles. The molecule has 3 aromatic rings. The van der Waals surface area contributed by atoms with E-state index in [-0.39, 0.29) is 0 Å². The van der Waals surface area contributed by atoms with E-state index in [1.807, 2.05) is 24.3 Å². The number of nitrogens with one attached hydrogen (secondary N) is 2. The first-order valence-corrected chi connectivity index (χ1v) is 7.37. The molecule has 0 saturated carbocycles. The van der Waals surface area contributed by atoms with E-state index < -0.39 is 0 Å². The predicted octanol–water partition coefficient (Wildman–Crippen LogP) is 1.86. The van der Waals surface area contributed by atoms with Crippen LogP contribution in [0, 0.1) is 0 Å². The lowest BCUT2D eigenvalue weighted by molar-refractivity contribution is 0.911. The maximum atomic E-state index is 4.45. The van der Waals surface area contributed by atoms with E-state index >= 15 is 0 Å². The second-order valence-electron chi connectivity index (χ2n) is 4.06. The van der Waals surface area contributed by atoms with Gasteiger partial charge in [-0.05, 0) is 18.2 Å². The van der Waals surface area contributed by atoms with Gasteiger partial charge in [0.25, 0.3) is 0 Å². The number of aromatic nitrogens is 6. The molecule has 7 nitrogen and oxygen atoms in total. The molecule has 0 radical (unpaired) electrons. The second-order valence-corrected chi connectivity index (χ2v) is 5.18. The monoisotopic (exact) mass is 299 g/mol. The Balaban J connectivity index is 1.56. The van der Waals surface area contributed by atoms with Crippen molar-refractivity contribution in [1.29, 1.82) is 0 Å². The lowest BCUT2D eigenvalue weighted by Crippen LogP contribution is -2.07. The first-order chi connectivity index (χ1) is 10.4. The fraction of sp³-hybridized carbons (Fsp3) is 0.154. The molecule has 0 unspecified atom stereocenters. The van der Waals surface area contributed by atoms with Gasteiger partial charge in [-0.15, -0.1) is 16.9 Å². The number of pyridine rings is 1. The summed E-state index contributed by atoms with van der Waals surface area (Å²) in [5.74, 6) is 1.45. The maximum Gasteiger partial charge on any atom is 0.223 e. The van der Waals surface area contributed by atoms with E-state index in [2.05, 4.69) is 35.7 Å². The average molecular weight is 299 g/mol. The maximum absolute atomic E-state index is 4.45. The van der Waals surface area contributed by atoms with Crippen molar-refractivity contribution in [2.24, 2.45) is 0 Å². The van der Waals surface area contributed by atoms with E-state index in [4.69, 9.17) is 0 Å². The molecular weight excluding hydrogens is 286 g/mol. The molecular formula is C13H13N7S. The third kappa shape index (κ3) is 3.76. The van der Waals surface area contributed by atoms with Crippen molar-refractivity contribution in [3.05, 3.63) is 42.9 Å². The Labute approximate surface area is 125 Å². The molecule has 0 atom stereocenters.